The molecule has 0 bridgehead atoms. The molecule has 4 rings (SSSR count). The predicted octanol–water partition coefficient (Wildman–Crippen LogP) is 5.02. The van der Waals surface area contributed by atoms with Crippen LogP contribution < -0.4 is 10.6 Å². The molecule has 1 aromatic carbocycles. The maximum absolute atomic E-state index is 13.4. The second kappa shape index (κ2) is 15.6. The van der Waals surface area contributed by atoms with Gasteiger partial charge in [0.25, 0.3) is 5.91 Å². The lowest BCUT2D eigenvalue weighted by Gasteiger charge is -2.30. The third-order valence-corrected chi connectivity index (χ3v) is 8.24. The Morgan fingerprint density at radius 1 is 1.00 bits per heavy atom. The third kappa shape index (κ3) is 8.98. The molecule has 2 heterocycles. The van der Waals surface area contributed by atoms with Gasteiger partial charge in [0, 0.05) is 44.4 Å². The summed E-state index contributed by atoms with van der Waals surface area (Å²) in [6, 6.07) is 8.04. The fourth-order valence-electron chi connectivity index (χ4n) is 5.92. The Kier molecular flexibility index (Phi) is 11.7. The molecule has 1 aromatic heterocycles. The van der Waals surface area contributed by atoms with Gasteiger partial charge < -0.3 is 20.4 Å². The van der Waals surface area contributed by atoms with Gasteiger partial charge in [-0.3, -0.25) is 9.59 Å². The Labute approximate surface area is 238 Å². The van der Waals surface area contributed by atoms with E-state index in [1.807, 2.05) is 15.9 Å². The quantitative estimate of drug-likeness (QED) is 0.320. The number of benzene rings is 1. The van der Waals surface area contributed by atoms with Crippen LogP contribution >= 0.6 is 0 Å². The van der Waals surface area contributed by atoms with Crippen molar-refractivity contribution in [2.75, 3.05) is 38.5 Å². The molecule has 0 unspecified atom stereocenters. The van der Waals surface area contributed by atoms with Crippen molar-refractivity contribution in [3.63, 3.8) is 0 Å². The summed E-state index contributed by atoms with van der Waals surface area (Å²) in [4.78, 5) is 39.3. The Morgan fingerprint density at radius 2 is 1.73 bits per heavy atom. The first-order valence-electron chi connectivity index (χ1n) is 15.1. The van der Waals surface area contributed by atoms with E-state index in [-0.39, 0.29) is 23.7 Å². The number of rotatable bonds is 14. The zero-order valence-electron chi connectivity index (χ0n) is 23.9. The summed E-state index contributed by atoms with van der Waals surface area (Å²) in [7, 11) is 1.79. The zero-order chi connectivity index (χ0) is 28.2. The maximum atomic E-state index is 13.4. The Balaban J connectivity index is 1.25. The number of aromatic nitrogens is 2. The normalized spacial score (nSPS) is 16.1. The molecule has 2 aromatic rings. The highest BCUT2D eigenvalue weighted by Crippen LogP contribution is 2.26. The maximum Gasteiger partial charge on any atom is 0.254 e. The molecule has 2 aliphatic rings. The number of nitrogens with one attached hydrogen (secondary N) is 2. The minimum atomic E-state index is -0.326. The molecule has 8 nitrogen and oxygen atoms in total. The number of nitrogens with zero attached hydrogens (tertiary/aromatic N) is 4. The molecule has 9 heteroatoms. The SMILES string of the molecule is CNc1nccc(CN(CC2CCNCC2)C(=O)CCCCCCN(C(=O)c2ccc(F)cc2)C2CCCC2)n1. The number of halogens is 1. The molecule has 2 amide bonds. The number of piperidine rings is 1. The van der Waals surface area contributed by atoms with Gasteiger partial charge in [0.1, 0.15) is 5.82 Å². The smallest absolute Gasteiger partial charge is 0.254 e. The molecular weight excluding hydrogens is 507 g/mol. The van der Waals surface area contributed by atoms with Crippen molar-refractivity contribution in [3.8, 4) is 0 Å². The molecule has 0 radical (unpaired) electrons. The van der Waals surface area contributed by atoms with E-state index in [1.54, 1.807) is 25.4 Å². The highest BCUT2D eigenvalue weighted by atomic mass is 19.1. The molecule has 218 valence electrons. The third-order valence-electron chi connectivity index (χ3n) is 8.24. The molecule has 1 aliphatic heterocycles. The van der Waals surface area contributed by atoms with Crippen LogP contribution in [0.5, 0.6) is 0 Å². The lowest BCUT2D eigenvalue weighted by atomic mass is 9.97. The predicted molar refractivity (Wildman–Crippen MR) is 155 cm³/mol. The van der Waals surface area contributed by atoms with Crippen molar-refractivity contribution in [2.24, 2.45) is 5.92 Å². The van der Waals surface area contributed by atoms with E-state index in [2.05, 4.69) is 20.6 Å². The van der Waals surface area contributed by atoms with Gasteiger partial charge in [-0.15, -0.1) is 0 Å². The summed E-state index contributed by atoms with van der Waals surface area (Å²) < 4.78 is 13.4. The van der Waals surface area contributed by atoms with Crippen LogP contribution in [0.2, 0.25) is 0 Å². The van der Waals surface area contributed by atoms with Crippen molar-refractivity contribution in [1.82, 2.24) is 25.1 Å². The van der Waals surface area contributed by atoms with Crippen molar-refractivity contribution < 1.29 is 14.0 Å². The Bertz CT molecular complexity index is 1070. The van der Waals surface area contributed by atoms with E-state index < -0.39 is 0 Å². The van der Waals surface area contributed by atoms with Gasteiger partial charge in [0.15, 0.2) is 0 Å². The summed E-state index contributed by atoms with van der Waals surface area (Å²) in [6.07, 6.45) is 12.5. The number of anilines is 1. The standard InChI is InChI=1S/C31H45FN6O2/c1-33-31-35-20-17-27(36-31)23-37(22-24-15-18-34-19-16-24)29(39)10-4-2-3-7-21-38(28-8-5-6-9-28)30(40)25-11-13-26(32)14-12-25/h11-14,17,20,24,28,34H,2-10,15-16,18-19,21-23H2,1H3,(H,33,35,36). The van der Waals surface area contributed by atoms with Crippen LogP contribution in [0.4, 0.5) is 10.3 Å². The van der Waals surface area contributed by atoms with Crippen molar-refractivity contribution >= 4 is 17.8 Å². The lowest BCUT2D eigenvalue weighted by molar-refractivity contribution is -0.132. The number of hydrogen-bond donors (Lipinski definition) is 2. The van der Waals surface area contributed by atoms with Crippen LogP contribution in [0.25, 0.3) is 0 Å². The monoisotopic (exact) mass is 552 g/mol. The highest BCUT2D eigenvalue weighted by molar-refractivity contribution is 5.94. The highest BCUT2D eigenvalue weighted by Gasteiger charge is 2.27. The van der Waals surface area contributed by atoms with E-state index in [4.69, 9.17) is 0 Å². The second-order valence-corrected chi connectivity index (χ2v) is 11.2. The van der Waals surface area contributed by atoms with Gasteiger partial charge in [-0.1, -0.05) is 25.7 Å². The van der Waals surface area contributed by atoms with Gasteiger partial charge in [-0.25, -0.2) is 14.4 Å². The molecule has 1 saturated heterocycles. The van der Waals surface area contributed by atoms with Crippen LogP contribution in [0.15, 0.2) is 36.5 Å². The number of carbonyl (C=O) groups is 2. The van der Waals surface area contributed by atoms with Gasteiger partial charge in [0.2, 0.25) is 11.9 Å². The zero-order valence-corrected chi connectivity index (χ0v) is 23.9. The average molecular weight is 553 g/mol. The van der Waals surface area contributed by atoms with E-state index in [0.29, 0.717) is 36.9 Å². The van der Waals surface area contributed by atoms with Crippen LogP contribution in [0, 0.1) is 11.7 Å². The lowest BCUT2D eigenvalue weighted by Crippen LogP contribution is -2.39. The molecular formula is C31H45FN6O2. The summed E-state index contributed by atoms with van der Waals surface area (Å²) in [5.41, 5.74) is 1.40. The summed E-state index contributed by atoms with van der Waals surface area (Å²) in [5, 5.41) is 6.38. The van der Waals surface area contributed by atoms with Crippen LogP contribution in [-0.4, -0.2) is 70.9 Å². The van der Waals surface area contributed by atoms with Crippen LogP contribution in [0.1, 0.15) is 86.7 Å². The van der Waals surface area contributed by atoms with Gasteiger partial charge in [-0.05, 0) is 87.9 Å². The first-order valence-corrected chi connectivity index (χ1v) is 15.1. The average Bonchev–Trinajstić information content (AvgIpc) is 3.52. The summed E-state index contributed by atoms with van der Waals surface area (Å²) >= 11 is 0. The first kappa shape index (κ1) is 29.9. The van der Waals surface area contributed by atoms with Gasteiger partial charge in [-0.2, -0.15) is 0 Å². The van der Waals surface area contributed by atoms with E-state index in [0.717, 1.165) is 89.5 Å². The number of carbonyl (C=O) groups excluding carboxylic acids is 2. The second-order valence-electron chi connectivity index (χ2n) is 11.2. The summed E-state index contributed by atoms with van der Waals surface area (Å²) in [5.74, 6) is 0.934. The first-order chi connectivity index (χ1) is 19.5. The molecule has 2 N–H and O–H groups in total. The summed E-state index contributed by atoms with van der Waals surface area (Å²) in [6.45, 7) is 3.98. The minimum absolute atomic E-state index is 0.00165. The van der Waals surface area contributed by atoms with Crippen LogP contribution in [-0.2, 0) is 11.3 Å². The van der Waals surface area contributed by atoms with E-state index in [1.165, 1.54) is 12.1 Å². The minimum Gasteiger partial charge on any atom is -0.357 e. The van der Waals surface area contributed by atoms with Gasteiger partial charge in [0.05, 0.1) is 12.2 Å². The molecule has 40 heavy (non-hydrogen) atoms. The number of unbranched alkanes of at least 4 members (excludes halogenated alkanes) is 3. The van der Waals surface area contributed by atoms with Gasteiger partial charge >= 0.3 is 0 Å². The molecule has 1 aliphatic carbocycles. The van der Waals surface area contributed by atoms with Crippen molar-refractivity contribution in [3.05, 3.63) is 53.6 Å². The number of hydrogen-bond acceptors (Lipinski definition) is 6. The topological polar surface area (TPSA) is 90.5 Å². The fourth-order valence-corrected chi connectivity index (χ4v) is 5.92. The molecule has 1 saturated carbocycles. The Morgan fingerprint density at radius 3 is 2.45 bits per heavy atom. The van der Waals surface area contributed by atoms with Crippen molar-refractivity contribution in [2.45, 2.75) is 83.2 Å². The van der Waals surface area contributed by atoms with E-state index >= 15 is 0 Å². The molecule has 0 spiro atoms. The van der Waals surface area contributed by atoms with E-state index in [9.17, 15) is 14.0 Å². The Hall–Kier alpha value is -3.07. The van der Waals surface area contributed by atoms with Crippen molar-refractivity contribution in [1.29, 1.82) is 0 Å². The fraction of sp³-hybridized carbons (Fsp3) is 0.613. The molecule has 0 atom stereocenters. The van der Waals surface area contributed by atoms with Crippen LogP contribution in [0.3, 0.4) is 0 Å². The largest absolute Gasteiger partial charge is 0.357 e. The molecule has 2 fully saturated rings. The number of amides is 2.